The summed E-state index contributed by atoms with van der Waals surface area (Å²) in [4.78, 5) is 29.8. The van der Waals surface area contributed by atoms with Crippen LogP contribution in [0.15, 0.2) is 42.6 Å². The van der Waals surface area contributed by atoms with Crippen molar-refractivity contribution in [3.05, 3.63) is 53.9 Å². The summed E-state index contributed by atoms with van der Waals surface area (Å²) in [5, 5.41) is 0. The molecule has 1 aromatic carbocycles. The van der Waals surface area contributed by atoms with Crippen molar-refractivity contribution < 1.29 is 27.5 Å². The predicted octanol–water partition coefficient (Wildman–Crippen LogP) is 3.27. The number of pyridine rings is 1. The van der Waals surface area contributed by atoms with Gasteiger partial charge in [0.15, 0.2) is 0 Å². The highest BCUT2D eigenvalue weighted by Crippen LogP contribution is 2.55. The lowest BCUT2D eigenvalue weighted by molar-refractivity contribution is -0.137. The fraction of sp³-hybridized carbons (Fsp3) is 0.278. The molecule has 2 heterocycles. The molecule has 9 heteroatoms. The van der Waals surface area contributed by atoms with Gasteiger partial charge in [0.2, 0.25) is 5.91 Å². The van der Waals surface area contributed by atoms with E-state index in [9.17, 15) is 22.8 Å². The second kappa shape index (κ2) is 5.70. The van der Waals surface area contributed by atoms with E-state index in [1.165, 1.54) is 17.0 Å². The van der Waals surface area contributed by atoms with Crippen molar-refractivity contribution in [3.63, 3.8) is 0 Å². The quantitative estimate of drug-likeness (QED) is 0.870. The summed E-state index contributed by atoms with van der Waals surface area (Å²) in [6.07, 6.45) is -3.85. The van der Waals surface area contributed by atoms with E-state index in [1.54, 1.807) is 18.3 Å². The highest BCUT2D eigenvalue weighted by Gasteiger charge is 2.61. The van der Waals surface area contributed by atoms with Gasteiger partial charge in [-0.1, -0.05) is 0 Å². The van der Waals surface area contributed by atoms with Gasteiger partial charge in [-0.25, -0.2) is 4.79 Å². The number of ether oxygens (including phenoxy) is 1. The SMILES string of the molecule is NC(=O)OC1CC2(C1)C(=O)N(c1ccc(C(F)(F)F)cc1)c1cccnc12. The van der Waals surface area contributed by atoms with Gasteiger partial charge in [0.1, 0.15) is 11.5 Å². The third-order valence-electron chi connectivity index (χ3n) is 4.98. The first-order valence-electron chi connectivity index (χ1n) is 8.16. The van der Waals surface area contributed by atoms with Gasteiger partial charge in [-0.2, -0.15) is 13.2 Å². The molecule has 1 aromatic heterocycles. The van der Waals surface area contributed by atoms with E-state index in [4.69, 9.17) is 10.5 Å². The molecule has 27 heavy (non-hydrogen) atoms. The Bertz CT molecular complexity index is 921. The standard InChI is InChI=1S/C18H14F3N3O3/c19-18(20,21)10-3-5-11(6-4-10)24-13-2-1-7-23-14(13)17(15(24)25)8-12(9-17)27-16(22)26/h1-7,12H,8-9H2,(H2,22,26). The van der Waals surface area contributed by atoms with Crippen LogP contribution in [-0.2, 0) is 21.1 Å². The lowest BCUT2D eigenvalue weighted by Crippen LogP contribution is -2.53. The number of hydrogen-bond donors (Lipinski definition) is 1. The minimum atomic E-state index is -4.46. The molecular formula is C18H14F3N3O3. The number of hydrogen-bond acceptors (Lipinski definition) is 4. The Balaban J connectivity index is 1.69. The van der Waals surface area contributed by atoms with Crippen LogP contribution in [0.3, 0.4) is 0 Å². The van der Waals surface area contributed by atoms with Crippen LogP contribution >= 0.6 is 0 Å². The fourth-order valence-corrected chi connectivity index (χ4v) is 3.76. The monoisotopic (exact) mass is 377 g/mol. The van der Waals surface area contributed by atoms with E-state index in [0.29, 0.717) is 17.1 Å². The number of primary amides is 1. The first kappa shape index (κ1) is 17.3. The average Bonchev–Trinajstić information content (AvgIpc) is 2.83. The topological polar surface area (TPSA) is 85.5 Å². The molecule has 140 valence electrons. The van der Waals surface area contributed by atoms with Crippen molar-refractivity contribution in [3.8, 4) is 0 Å². The van der Waals surface area contributed by atoms with Crippen molar-refractivity contribution in [2.24, 2.45) is 5.73 Å². The number of alkyl halides is 3. The number of nitrogens with two attached hydrogens (primary N) is 1. The van der Waals surface area contributed by atoms with E-state index in [0.717, 1.165) is 12.1 Å². The number of amides is 2. The first-order chi connectivity index (χ1) is 12.7. The molecule has 6 nitrogen and oxygen atoms in total. The number of halogens is 3. The summed E-state index contributed by atoms with van der Waals surface area (Å²) < 4.78 is 43.4. The van der Waals surface area contributed by atoms with Gasteiger partial charge in [0.05, 0.1) is 16.9 Å². The Morgan fingerprint density at radius 2 is 1.89 bits per heavy atom. The molecule has 2 aromatic rings. The number of rotatable bonds is 2. The maximum absolute atomic E-state index is 13.2. The van der Waals surface area contributed by atoms with Gasteiger partial charge < -0.3 is 10.5 Å². The van der Waals surface area contributed by atoms with Crippen LogP contribution in [0.1, 0.15) is 24.1 Å². The van der Waals surface area contributed by atoms with E-state index in [2.05, 4.69) is 4.98 Å². The van der Waals surface area contributed by atoms with Gasteiger partial charge in [0, 0.05) is 24.7 Å². The van der Waals surface area contributed by atoms with Gasteiger partial charge in [-0.3, -0.25) is 14.7 Å². The van der Waals surface area contributed by atoms with Gasteiger partial charge in [0.25, 0.3) is 0 Å². The van der Waals surface area contributed by atoms with Crippen molar-refractivity contribution in [2.45, 2.75) is 30.5 Å². The molecule has 2 amide bonds. The minimum absolute atomic E-state index is 0.232. The molecule has 0 unspecified atom stereocenters. The van der Waals surface area contributed by atoms with Crippen LogP contribution in [0, 0.1) is 0 Å². The second-order valence-electron chi connectivity index (χ2n) is 6.61. The number of carbonyl (C=O) groups excluding carboxylic acids is 2. The Labute approximate surface area is 151 Å². The predicted molar refractivity (Wildman–Crippen MR) is 88.2 cm³/mol. The number of fused-ring (bicyclic) bond motifs is 2. The third kappa shape index (κ3) is 2.61. The first-order valence-corrected chi connectivity index (χ1v) is 8.16. The zero-order valence-electron chi connectivity index (χ0n) is 13.9. The lowest BCUT2D eigenvalue weighted by atomic mass is 9.65. The molecule has 0 saturated heterocycles. The molecule has 1 aliphatic heterocycles. The number of aromatic nitrogens is 1. The van der Waals surface area contributed by atoms with Crippen LogP contribution < -0.4 is 10.6 Å². The molecule has 0 atom stereocenters. The molecule has 0 bridgehead atoms. The summed E-state index contributed by atoms with van der Waals surface area (Å²) in [5.74, 6) is -0.305. The summed E-state index contributed by atoms with van der Waals surface area (Å²) in [7, 11) is 0. The fourth-order valence-electron chi connectivity index (χ4n) is 3.76. The van der Waals surface area contributed by atoms with Gasteiger partial charge in [-0.05, 0) is 36.4 Å². The Kier molecular flexibility index (Phi) is 3.66. The minimum Gasteiger partial charge on any atom is -0.446 e. The Morgan fingerprint density at radius 1 is 1.22 bits per heavy atom. The highest BCUT2D eigenvalue weighted by atomic mass is 19.4. The molecule has 1 fully saturated rings. The number of carbonyl (C=O) groups is 2. The van der Waals surface area contributed by atoms with Crippen molar-refractivity contribution in [2.75, 3.05) is 4.90 Å². The zero-order chi connectivity index (χ0) is 19.4. The summed E-state index contributed by atoms with van der Waals surface area (Å²) in [5.41, 5.74) is 4.63. The molecular weight excluding hydrogens is 363 g/mol. The molecule has 1 spiro atoms. The molecule has 4 rings (SSSR count). The number of anilines is 2. The van der Waals surface area contributed by atoms with Gasteiger partial charge >= 0.3 is 12.3 Å². The van der Waals surface area contributed by atoms with Crippen LogP contribution in [0.25, 0.3) is 0 Å². The maximum Gasteiger partial charge on any atom is 0.416 e. The Morgan fingerprint density at radius 3 is 2.48 bits per heavy atom. The Hall–Kier alpha value is -3.10. The van der Waals surface area contributed by atoms with Crippen LogP contribution in [0.2, 0.25) is 0 Å². The lowest BCUT2D eigenvalue weighted by Gasteiger charge is -2.41. The second-order valence-corrected chi connectivity index (χ2v) is 6.61. The van der Waals surface area contributed by atoms with Crippen LogP contribution in [0.5, 0.6) is 0 Å². The molecule has 1 aliphatic carbocycles. The van der Waals surface area contributed by atoms with Crippen LogP contribution in [0.4, 0.5) is 29.3 Å². The molecule has 2 N–H and O–H groups in total. The number of benzene rings is 1. The van der Waals surface area contributed by atoms with Gasteiger partial charge in [-0.15, -0.1) is 0 Å². The summed E-state index contributed by atoms with van der Waals surface area (Å²) in [6.45, 7) is 0. The zero-order valence-corrected chi connectivity index (χ0v) is 13.9. The normalized spacial score (nSPS) is 23.9. The highest BCUT2D eigenvalue weighted by molar-refractivity contribution is 6.13. The maximum atomic E-state index is 13.2. The van der Waals surface area contributed by atoms with Crippen molar-refractivity contribution in [1.82, 2.24) is 4.98 Å². The summed E-state index contributed by atoms with van der Waals surface area (Å²) >= 11 is 0. The van der Waals surface area contributed by atoms with E-state index in [1.807, 2.05) is 0 Å². The van der Waals surface area contributed by atoms with E-state index < -0.39 is 29.4 Å². The van der Waals surface area contributed by atoms with Crippen molar-refractivity contribution in [1.29, 1.82) is 0 Å². The third-order valence-corrected chi connectivity index (χ3v) is 4.98. The molecule has 0 radical (unpaired) electrons. The molecule has 1 saturated carbocycles. The average molecular weight is 377 g/mol. The smallest absolute Gasteiger partial charge is 0.416 e. The summed E-state index contributed by atoms with van der Waals surface area (Å²) in [6, 6.07) is 7.72. The largest absolute Gasteiger partial charge is 0.446 e. The van der Waals surface area contributed by atoms with E-state index in [-0.39, 0.29) is 18.7 Å². The number of nitrogens with zero attached hydrogens (tertiary/aromatic N) is 2. The van der Waals surface area contributed by atoms with E-state index >= 15 is 0 Å². The van der Waals surface area contributed by atoms with Crippen molar-refractivity contribution >= 4 is 23.4 Å². The molecule has 2 aliphatic rings. The van der Waals surface area contributed by atoms with Crippen LogP contribution in [-0.4, -0.2) is 23.1 Å².